The number of allylic oxidation sites excluding steroid dienone is 4. The predicted octanol–water partition coefficient (Wildman–Crippen LogP) is 4.44. The molecule has 1 aliphatic rings. The third-order valence-corrected chi connectivity index (χ3v) is 3.19. The molecule has 20 heavy (non-hydrogen) atoms. The highest BCUT2D eigenvalue weighted by molar-refractivity contribution is 5.99. The van der Waals surface area contributed by atoms with Crippen molar-refractivity contribution in [2.75, 3.05) is 0 Å². The molecule has 0 saturated carbocycles. The van der Waals surface area contributed by atoms with E-state index in [4.69, 9.17) is 0 Å². The Balaban J connectivity index is 0.000000956. The van der Waals surface area contributed by atoms with Gasteiger partial charge in [-0.25, -0.2) is 0 Å². The molecule has 1 aliphatic carbocycles. The smallest absolute Gasteiger partial charge is 0.168 e. The van der Waals surface area contributed by atoms with Crippen LogP contribution in [0, 0.1) is 12.8 Å². The van der Waals surface area contributed by atoms with Gasteiger partial charge in [-0.2, -0.15) is 0 Å². The number of pyridine rings is 1. The largest absolute Gasteiger partial charge is 0.294 e. The van der Waals surface area contributed by atoms with Gasteiger partial charge in [0, 0.05) is 17.0 Å². The molecule has 0 radical (unpaired) electrons. The molecule has 0 bridgehead atoms. The molecule has 1 unspecified atom stereocenters. The van der Waals surface area contributed by atoms with Gasteiger partial charge >= 0.3 is 0 Å². The lowest BCUT2D eigenvalue weighted by Crippen LogP contribution is -2.06. The summed E-state index contributed by atoms with van der Waals surface area (Å²) in [5, 5.41) is 0. The number of carbonyl (C=O) groups excluding carboxylic acids is 1. The van der Waals surface area contributed by atoms with Crippen LogP contribution in [0.1, 0.15) is 45.0 Å². The summed E-state index contributed by atoms with van der Waals surface area (Å²) >= 11 is 0. The van der Waals surface area contributed by atoms with Crippen LogP contribution in [0.5, 0.6) is 0 Å². The van der Waals surface area contributed by atoms with Gasteiger partial charge in [-0.1, -0.05) is 45.1 Å². The van der Waals surface area contributed by atoms with Gasteiger partial charge < -0.3 is 0 Å². The van der Waals surface area contributed by atoms with Crippen molar-refractivity contribution in [1.29, 1.82) is 0 Å². The molecular weight excluding hydrogens is 246 g/mol. The maximum absolute atomic E-state index is 12.2. The topological polar surface area (TPSA) is 30.0 Å². The summed E-state index contributed by atoms with van der Waals surface area (Å²) in [4.78, 5) is 16.6. The fourth-order valence-corrected chi connectivity index (χ4v) is 2.09. The van der Waals surface area contributed by atoms with Crippen LogP contribution in [-0.2, 0) is 11.2 Å². The van der Waals surface area contributed by atoms with Gasteiger partial charge in [-0.15, -0.1) is 0 Å². The van der Waals surface area contributed by atoms with E-state index in [-0.39, 0.29) is 5.78 Å². The molecule has 0 aromatic carbocycles. The minimum atomic E-state index is 0.165. The molecule has 0 saturated heterocycles. The van der Waals surface area contributed by atoms with Crippen molar-refractivity contribution in [3.05, 3.63) is 53.4 Å². The fraction of sp³-hybridized carbons (Fsp3) is 0.444. The Labute approximate surface area is 122 Å². The molecule has 0 amide bonds. The molecule has 2 heteroatoms. The number of nitrogens with zero attached hydrogens (tertiary/aromatic N) is 1. The number of hydrogen-bond donors (Lipinski definition) is 0. The third kappa shape index (κ3) is 5.12. The van der Waals surface area contributed by atoms with Crippen LogP contribution in [0.25, 0.3) is 0 Å². The summed E-state index contributed by atoms with van der Waals surface area (Å²) in [6.07, 6.45) is 8.55. The number of carbonyl (C=O) groups is 1. The van der Waals surface area contributed by atoms with Gasteiger partial charge in [-0.05, 0) is 37.8 Å². The predicted molar refractivity (Wildman–Crippen MR) is 84.7 cm³/mol. The third-order valence-electron chi connectivity index (χ3n) is 3.19. The van der Waals surface area contributed by atoms with Gasteiger partial charge in [0.25, 0.3) is 0 Å². The van der Waals surface area contributed by atoms with Crippen molar-refractivity contribution in [3.8, 4) is 0 Å². The first kappa shape index (κ1) is 16.4. The summed E-state index contributed by atoms with van der Waals surface area (Å²) in [6.45, 7) is 8.15. The molecular formula is C18H25NO. The monoisotopic (exact) mass is 271 g/mol. The lowest BCUT2D eigenvalue weighted by Gasteiger charge is -2.03. The molecule has 0 N–H and O–H groups in total. The van der Waals surface area contributed by atoms with Crippen LogP contribution < -0.4 is 0 Å². The number of aromatic nitrogens is 1. The standard InChI is InChI=1S/C16H19NO.C2H6/c1-12-5-3-7-14(10-9-12)16(18)11-15-8-4-6-13(2)17-15;1-2/h3-4,6-8,10,12H,5,9,11H2,1-2H3;1-2H3. The number of Topliss-reactive ketones (excluding diaryl/α,β-unsaturated/α-hetero) is 1. The zero-order valence-electron chi connectivity index (χ0n) is 13.0. The highest BCUT2D eigenvalue weighted by Gasteiger charge is 2.11. The second-order valence-electron chi connectivity index (χ2n) is 5.01. The van der Waals surface area contributed by atoms with E-state index in [0.29, 0.717) is 12.3 Å². The zero-order chi connectivity index (χ0) is 15.0. The number of rotatable bonds is 3. The average Bonchev–Trinajstić information content (AvgIpc) is 2.66. The molecule has 2 rings (SSSR count). The first-order valence-corrected chi connectivity index (χ1v) is 7.47. The van der Waals surface area contributed by atoms with E-state index in [2.05, 4.69) is 24.1 Å². The van der Waals surface area contributed by atoms with E-state index in [9.17, 15) is 4.79 Å². The van der Waals surface area contributed by atoms with E-state index in [1.165, 1.54) is 0 Å². The lowest BCUT2D eigenvalue weighted by molar-refractivity contribution is -0.114. The molecule has 0 spiro atoms. The summed E-state index contributed by atoms with van der Waals surface area (Å²) in [6, 6.07) is 5.80. The van der Waals surface area contributed by atoms with Gasteiger partial charge in [0.2, 0.25) is 0 Å². The Morgan fingerprint density at radius 1 is 1.30 bits per heavy atom. The summed E-state index contributed by atoms with van der Waals surface area (Å²) < 4.78 is 0. The van der Waals surface area contributed by atoms with E-state index < -0.39 is 0 Å². The van der Waals surface area contributed by atoms with Crippen LogP contribution in [0.15, 0.2) is 42.0 Å². The van der Waals surface area contributed by atoms with Crippen LogP contribution in [0.4, 0.5) is 0 Å². The highest BCUT2D eigenvalue weighted by atomic mass is 16.1. The first-order valence-electron chi connectivity index (χ1n) is 7.47. The molecule has 108 valence electrons. The minimum absolute atomic E-state index is 0.165. The quantitative estimate of drug-likeness (QED) is 0.813. The maximum Gasteiger partial charge on any atom is 0.168 e. The Morgan fingerprint density at radius 2 is 2.05 bits per heavy atom. The number of hydrogen-bond acceptors (Lipinski definition) is 2. The minimum Gasteiger partial charge on any atom is -0.294 e. The molecule has 2 nitrogen and oxygen atoms in total. The molecule has 0 aliphatic heterocycles. The second-order valence-corrected chi connectivity index (χ2v) is 5.01. The molecule has 1 atom stereocenters. The van der Waals surface area contributed by atoms with E-state index in [1.807, 2.05) is 45.0 Å². The second kappa shape index (κ2) is 8.47. The van der Waals surface area contributed by atoms with Crippen molar-refractivity contribution in [2.45, 2.75) is 47.0 Å². The fourth-order valence-electron chi connectivity index (χ4n) is 2.09. The van der Waals surface area contributed by atoms with E-state index in [0.717, 1.165) is 29.8 Å². The highest BCUT2D eigenvalue weighted by Crippen LogP contribution is 2.17. The Morgan fingerprint density at radius 3 is 2.75 bits per heavy atom. The van der Waals surface area contributed by atoms with Gasteiger partial charge in [0.15, 0.2) is 5.78 Å². The maximum atomic E-state index is 12.2. The number of ketones is 1. The summed E-state index contributed by atoms with van der Waals surface area (Å²) in [7, 11) is 0. The normalized spacial score (nSPS) is 17.6. The first-order chi connectivity index (χ1) is 9.65. The molecule has 0 fully saturated rings. The Hall–Kier alpha value is -1.70. The van der Waals surface area contributed by atoms with Gasteiger partial charge in [0.1, 0.15) is 0 Å². The van der Waals surface area contributed by atoms with Crippen molar-refractivity contribution >= 4 is 5.78 Å². The Bertz CT molecular complexity index is 500. The van der Waals surface area contributed by atoms with Gasteiger partial charge in [0.05, 0.1) is 6.42 Å². The van der Waals surface area contributed by atoms with E-state index >= 15 is 0 Å². The van der Waals surface area contributed by atoms with E-state index in [1.54, 1.807) is 0 Å². The van der Waals surface area contributed by atoms with Crippen LogP contribution in [-0.4, -0.2) is 10.8 Å². The average molecular weight is 271 g/mol. The van der Waals surface area contributed by atoms with Crippen LogP contribution in [0.2, 0.25) is 0 Å². The van der Waals surface area contributed by atoms with Gasteiger partial charge in [-0.3, -0.25) is 9.78 Å². The van der Waals surface area contributed by atoms with Crippen LogP contribution >= 0.6 is 0 Å². The molecule has 1 aromatic rings. The summed E-state index contributed by atoms with van der Waals surface area (Å²) in [5.41, 5.74) is 2.65. The van der Waals surface area contributed by atoms with Crippen molar-refractivity contribution < 1.29 is 4.79 Å². The lowest BCUT2D eigenvalue weighted by atomic mass is 10.0. The van der Waals surface area contributed by atoms with Crippen molar-refractivity contribution in [1.82, 2.24) is 4.98 Å². The van der Waals surface area contributed by atoms with Crippen LogP contribution in [0.3, 0.4) is 0 Å². The van der Waals surface area contributed by atoms with Crippen molar-refractivity contribution in [3.63, 3.8) is 0 Å². The number of aryl methyl sites for hydroxylation is 1. The SMILES string of the molecule is CC.Cc1cccc(CC(=O)C2=CCC(C)CC=C2)n1. The Kier molecular flexibility index (Phi) is 6.92. The van der Waals surface area contributed by atoms with Crippen molar-refractivity contribution in [2.24, 2.45) is 5.92 Å². The molecule has 1 heterocycles. The molecule has 1 aromatic heterocycles. The summed E-state index contributed by atoms with van der Waals surface area (Å²) in [5.74, 6) is 0.794. The zero-order valence-corrected chi connectivity index (χ0v) is 13.0.